The highest BCUT2D eigenvalue weighted by Gasteiger charge is 2.37. The van der Waals surface area contributed by atoms with E-state index >= 15 is 0 Å². The largest absolute Gasteiger partial charge is 0.459 e. The van der Waals surface area contributed by atoms with E-state index < -0.39 is 33.5 Å². The Morgan fingerprint density at radius 2 is 1.82 bits per heavy atom. The van der Waals surface area contributed by atoms with Crippen LogP contribution < -0.4 is 4.90 Å². The molecule has 0 saturated carbocycles. The molecule has 0 N–H and O–H groups in total. The Hall–Kier alpha value is -3.70. The molecule has 3 aromatic carbocycles. The first kappa shape index (κ1) is 25.9. The molecule has 0 radical (unpaired) electrons. The van der Waals surface area contributed by atoms with Crippen LogP contribution in [0.2, 0.25) is 0 Å². The molecule has 5 rings (SSSR count). The fraction of sp³-hybridized carbons (Fsp3) is 0.259. The molecule has 38 heavy (non-hydrogen) atoms. The minimum Gasteiger partial charge on any atom is -0.459 e. The molecule has 0 spiro atoms. The molecule has 1 unspecified atom stereocenters. The van der Waals surface area contributed by atoms with E-state index in [9.17, 15) is 31.2 Å². The zero-order chi connectivity index (χ0) is 27.1. The Labute approximate surface area is 216 Å². The van der Waals surface area contributed by atoms with Gasteiger partial charge in [-0.25, -0.2) is 13.2 Å². The predicted octanol–water partition coefficient (Wildman–Crippen LogP) is 5.03. The van der Waals surface area contributed by atoms with E-state index in [1.54, 1.807) is 0 Å². The summed E-state index contributed by atoms with van der Waals surface area (Å²) < 4.78 is 77.9. The van der Waals surface area contributed by atoms with Crippen LogP contribution in [0.1, 0.15) is 44.7 Å². The van der Waals surface area contributed by atoms with Crippen molar-refractivity contribution in [1.82, 2.24) is 0 Å². The van der Waals surface area contributed by atoms with Gasteiger partial charge < -0.3 is 14.4 Å². The van der Waals surface area contributed by atoms with E-state index in [0.717, 1.165) is 29.9 Å². The summed E-state index contributed by atoms with van der Waals surface area (Å²) >= 11 is 0. The molecule has 2 aliphatic heterocycles. The summed E-state index contributed by atoms with van der Waals surface area (Å²) in [4.78, 5) is 27.1. The van der Waals surface area contributed by atoms with Gasteiger partial charge in [0.2, 0.25) is 9.84 Å². The molecular formula is C27H22F3NO6S. The molecule has 1 amide bonds. The number of esters is 1. The van der Waals surface area contributed by atoms with Crippen molar-refractivity contribution >= 4 is 27.4 Å². The van der Waals surface area contributed by atoms with Crippen molar-refractivity contribution in [3.63, 3.8) is 0 Å². The van der Waals surface area contributed by atoms with Crippen LogP contribution in [-0.4, -0.2) is 39.6 Å². The standard InChI is InChI=1S/C27H22F3NO6S/c28-27(29,30)19-6-3-5-17(13-19)15-31-22-14-18(26(33)37-16-20-7-4-12-36-20)10-11-24(22)38(34,35)23-9-2-1-8-21(23)25(31)32/h1-3,5-6,8-11,13-14,20H,4,7,12,15-16H2. The molecule has 1 saturated heterocycles. The van der Waals surface area contributed by atoms with Crippen LogP contribution in [0.3, 0.4) is 0 Å². The van der Waals surface area contributed by atoms with E-state index in [1.165, 1.54) is 54.6 Å². The number of carbonyl (C=O) groups excluding carboxylic acids is 2. The second-order valence-electron chi connectivity index (χ2n) is 9.01. The number of amides is 1. The molecule has 1 fully saturated rings. The number of nitrogens with zero attached hydrogens (tertiary/aromatic N) is 1. The lowest BCUT2D eigenvalue weighted by Crippen LogP contribution is -2.30. The first-order valence-electron chi connectivity index (χ1n) is 11.8. The van der Waals surface area contributed by atoms with E-state index in [1.807, 2.05) is 0 Å². The number of rotatable bonds is 5. The SMILES string of the molecule is O=C(OCC1CCCO1)c1ccc2c(c1)N(Cc1cccc(C(F)(F)F)c1)C(=O)c1ccccc1S2(=O)=O. The van der Waals surface area contributed by atoms with E-state index in [0.29, 0.717) is 6.61 Å². The van der Waals surface area contributed by atoms with Gasteiger partial charge in [-0.15, -0.1) is 0 Å². The van der Waals surface area contributed by atoms with Crippen molar-refractivity contribution in [3.8, 4) is 0 Å². The van der Waals surface area contributed by atoms with Gasteiger partial charge in [0.1, 0.15) is 6.61 Å². The van der Waals surface area contributed by atoms with Crippen molar-refractivity contribution < 1.29 is 40.7 Å². The summed E-state index contributed by atoms with van der Waals surface area (Å²) in [6.07, 6.45) is -3.24. The topological polar surface area (TPSA) is 90.0 Å². The number of carbonyl (C=O) groups is 2. The fourth-order valence-electron chi connectivity index (χ4n) is 4.55. The first-order valence-corrected chi connectivity index (χ1v) is 13.3. The van der Waals surface area contributed by atoms with Gasteiger partial charge in [-0.3, -0.25) is 4.79 Å². The second-order valence-corrected chi connectivity index (χ2v) is 10.9. The number of hydrogen-bond acceptors (Lipinski definition) is 6. The molecule has 0 aromatic heterocycles. The van der Waals surface area contributed by atoms with Gasteiger partial charge in [0.15, 0.2) is 0 Å². The molecule has 2 heterocycles. The second kappa shape index (κ2) is 9.88. The Morgan fingerprint density at radius 1 is 1.03 bits per heavy atom. The van der Waals surface area contributed by atoms with Crippen LogP contribution in [-0.2, 0) is 32.0 Å². The zero-order valence-corrected chi connectivity index (χ0v) is 20.7. The number of alkyl halides is 3. The normalized spacial score (nSPS) is 18.4. The average molecular weight is 546 g/mol. The lowest BCUT2D eigenvalue weighted by atomic mass is 10.1. The highest BCUT2D eigenvalue weighted by Crippen LogP contribution is 2.39. The van der Waals surface area contributed by atoms with Crippen LogP contribution in [0.15, 0.2) is 76.5 Å². The number of fused-ring (bicyclic) bond motifs is 2. The summed E-state index contributed by atoms with van der Waals surface area (Å²) in [5, 5.41) is 0. The van der Waals surface area contributed by atoms with Crippen molar-refractivity contribution in [2.45, 2.75) is 41.5 Å². The minimum atomic E-state index is -4.60. The van der Waals surface area contributed by atoms with E-state index in [-0.39, 0.29) is 51.4 Å². The first-order chi connectivity index (χ1) is 18.1. The van der Waals surface area contributed by atoms with Crippen LogP contribution in [0, 0.1) is 0 Å². The van der Waals surface area contributed by atoms with Gasteiger partial charge in [-0.05, 0) is 60.9 Å². The fourth-order valence-corrected chi connectivity index (χ4v) is 6.18. The molecule has 2 aliphatic rings. The van der Waals surface area contributed by atoms with E-state index in [4.69, 9.17) is 9.47 Å². The lowest BCUT2D eigenvalue weighted by Gasteiger charge is -2.24. The van der Waals surface area contributed by atoms with Gasteiger partial charge in [0.25, 0.3) is 5.91 Å². The van der Waals surface area contributed by atoms with Gasteiger partial charge in [0, 0.05) is 6.61 Å². The minimum absolute atomic E-state index is 0.00950. The smallest absolute Gasteiger partial charge is 0.416 e. The molecule has 0 bridgehead atoms. The molecule has 11 heteroatoms. The molecule has 0 aliphatic carbocycles. The predicted molar refractivity (Wildman–Crippen MR) is 130 cm³/mol. The number of anilines is 1. The molecule has 7 nitrogen and oxygen atoms in total. The third kappa shape index (κ3) is 4.91. The summed E-state index contributed by atoms with van der Waals surface area (Å²) in [6, 6.07) is 13.8. The Bertz CT molecular complexity index is 1510. The van der Waals surface area contributed by atoms with Gasteiger partial charge in [-0.2, -0.15) is 13.2 Å². The van der Waals surface area contributed by atoms with Gasteiger partial charge in [0.05, 0.1) is 44.8 Å². The molecular weight excluding hydrogens is 523 g/mol. The van der Waals surface area contributed by atoms with Crippen molar-refractivity contribution in [2.75, 3.05) is 18.1 Å². The van der Waals surface area contributed by atoms with Crippen LogP contribution in [0.25, 0.3) is 0 Å². The Kier molecular flexibility index (Phi) is 6.74. The molecule has 1 atom stereocenters. The highest BCUT2D eigenvalue weighted by molar-refractivity contribution is 7.91. The maximum Gasteiger partial charge on any atom is 0.416 e. The summed E-state index contributed by atoms with van der Waals surface area (Å²) in [7, 11) is -4.21. The monoisotopic (exact) mass is 545 g/mol. The van der Waals surface area contributed by atoms with Crippen LogP contribution >= 0.6 is 0 Å². The number of halogens is 3. The summed E-state index contributed by atoms with van der Waals surface area (Å²) in [6.45, 7) is 0.229. The van der Waals surface area contributed by atoms with Crippen molar-refractivity contribution in [1.29, 1.82) is 0 Å². The van der Waals surface area contributed by atoms with Crippen molar-refractivity contribution in [3.05, 3.63) is 89.0 Å². The highest BCUT2D eigenvalue weighted by atomic mass is 32.2. The summed E-state index contributed by atoms with van der Waals surface area (Å²) in [5.74, 6) is -1.47. The summed E-state index contributed by atoms with van der Waals surface area (Å²) in [5.41, 5.74) is -1.04. The van der Waals surface area contributed by atoms with Crippen molar-refractivity contribution in [2.24, 2.45) is 0 Å². The quantitative estimate of drug-likeness (QED) is 0.418. The maximum absolute atomic E-state index is 13.7. The maximum atomic E-state index is 13.7. The lowest BCUT2D eigenvalue weighted by molar-refractivity contribution is -0.137. The third-order valence-corrected chi connectivity index (χ3v) is 8.31. The average Bonchev–Trinajstić information content (AvgIpc) is 3.41. The molecule has 3 aromatic rings. The number of hydrogen-bond donors (Lipinski definition) is 0. The number of ether oxygens (including phenoxy) is 2. The van der Waals surface area contributed by atoms with Crippen LogP contribution in [0.4, 0.5) is 18.9 Å². The van der Waals surface area contributed by atoms with Crippen LogP contribution in [0.5, 0.6) is 0 Å². The van der Waals surface area contributed by atoms with E-state index in [2.05, 4.69) is 0 Å². The Balaban J connectivity index is 1.59. The third-order valence-electron chi connectivity index (χ3n) is 6.45. The zero-order valence-electron chi connectivity index (χ0n) is 19.9. The molecule has 198 valence electrons. The Morgan fingerprint density at radius 3 is 2.55 bits per heavy atom. The number of benzene rings is 3. The number of sulfone groups is 1. The van der Waals surface area contributed by atoms with Gasteiger partial charge >= 0.3 is 12.1 Å². The van der Waals surface area contributed by atoms with Gasteiger partial charge in [-0.1, -0.05) is 24.3 Å².